The second-order valence-corrected chi connectivity index (χ2v) is 4.64. The van der Waals surface area contributed by atoms with E-state index < -0.39 is 0 Å². The minimum absolute atomic E-state index is 0.128. The molecule has 3 heteroatoms. The maximum Gasteiger partial charge on any atom is 0.168 e. The number of nitrogens with zero attached hydrogens (tertiary/aromatic N) is 2. The Bertz CT molecular complexity index is 578. The van der Waals surface area contributed by atoms with Gasteiger partial charge in [0.2, 0.25) is 0 Å². The molecule has 2 aromatic rings. The van der Waals surface area contributed by atoms with Crippen molar-refractivity contribution in [2.24, 2.45) is 0 Å². The summed E-state index contributed by atoms with van der Waals surface area (Å²) in [7, 11) is 0. The molecule has 0 unspecified atom stereocenters. The van der Waals surface area contributed by atoms with Gasteiger partial charge in [0.05, 0.1) is 12.1 Å². The predicted octanol–water partition coefficient (Wildman–Crippen LogP) is 2.39. The van der Waals surface area contributed by atoms with Crippen LogP contribution < -0.4 is 0 Å². The van der Waals surface area contributed by atoms with Crippen molar-refractivity contribution >= 4 is 5.78 Å². The summed E-state index contributed by atoms with van der Waals surface area (Å²) in [5.74, 6) is 0.128. The molecule has 1 heterocycles. The summed E-state index contributed by atoms with van der Waals surface area (Å²) in [4.78, 5) is 20.1. The maximum absolute atomic E-state index is 12.2. The number of aromatic nitrogens is 2. The summed E-state index contributed by atoms with van der Waals surface area (Å²) in [5, 5.41) is 0. The molecule has 0 radical (unpaired) electrons. The van der Waals surface area contributed by atoms with Crippen molar-refractivity contribution in [1.82, 2.24) is 9.97 Å². The number of rotatable bonds is 3. The first kappa shape index (κ1) is 11.1. The summed E-state index contributed by atoms with van der Waals surface area (Å²) >= 11 is 0. The first-order valence-electron chi connectivity index (χ1n) is 6.23. The average molecular weight is 238 g/mol. The molecule has 3 rings (SSSR count). The van der Waals surface area contributed by atoms with Crippen molar-refractivity contribution in [2.45, 2.75) is 25.7 Å². The van der Waals surface area contributed by atoms with E-state index in [0.29, 0.717) is 6.42 Å². The lowest BCUT2D eigenvalue weighted by Crippen LogP contribution is -2.05. The molecule has 0 N–H and O–H groups in total. The second-order valence-electron chi connectivity index (χ2n) is 4.64. The van der Waals surface area contributed by atoms with Crippen LogP contribution in [0, 0.1) is 0 Å². The van der Waals surface area contributed by atoms with Gasteiger partial charge in [-0.3, -0.25) is 4.79 Å². The summed E-state index contributed by atoms with van der Waals surface area (Å²) in [6.45, 7) is 0. The number of hydrogen-bond donors (Lipinski definition) is 0. The van der Waals surface area contributed by atoms with Gasteiger partial charge >= 0.3 is 0 Å². The van der Waals surface area contributed by atoms with Crippen LogP contribution in [0.25, 0.3) is 0 Å². The minimum Gasteiger partial charge on any atom is -0.294 e. The zero-order chi connectivity index (χ0) is 12.4. The van der Waals surface area contributed by atoms with Gasteiger partial charge in [-0.05, 0) is 42.5 Å². The van der Waals surface area contributed by atoms with Crippen LogP contribution in [0.4, 0.5) is 0 Å². The number of aryl methyl sites for hydroxylation is 2. The minimum atomic E-state index is 0.128. The molecule has 18 heavy (non-hydrogen) atoms. The second kappa shape index (κ2) is 4.69. The van der Waals surface area contributed by atoms with E-state index in [1.54, 1.807) is 12.3 Å². The molecule has 1 aliphatic carbocycles. The van der Waals surface area contributed by atoms with Gasteiger partial charge in [-0.1, -0.05) is 12.1 Å². The Morgan fingerprint density at radius 3 is 2.89 bits per heavy atom. The molecule has 0 aliphatic heterocycles. The molecule has 0 saturated heterocycles. The third-order valence-electron chi connectivity index (χ3n) is 3.41. The van der Waals surface area contributed by atoms with Gasteiger partial charge in [0.25, 0.3) is 0 Å². The monoisotopic (exact) mass is 238 g/mol. The molecule has 0 atom stereocenters. The lowest BCUT2D eigenvalue weighted by atomic mass is 10.0. The SMILES string of the molecule is O=C(Cc1ccncn1)c1ccc2c(c1)CCC2. The van der Waals surface area contributed by atoms with Crippen molar-refractivity contribution in [3.63, 3.8) is 0 Å². The number of ketones is 1. The summed E-state index contributed by atoms with van der Waals surface area (Å²) in [5.41, 5.74) is 4.31. The topological polar surface area (TPSA) is 42.9 Å². The fourth-order valence-corrected chi connectivity index (χ4v) is 2.43. The van der Waals surface area contributed by atoms with Crippen LogP contribution in [-0.2, 0) is 19.3 Å². The number of benzene rings is 1. The van der Waals surface area contributed by atoms with Gasteiger partial charge in [0.1, 0.15) is 6.33 Å². The van der Waals surface area contributed by atoms with Gasteiger partial charge in [-0.2, -0.15) is 0 Å². The smallest absolute Gasteiger partial charge is 0.168 e. The fraction of sp³-hybridized carbons (Fsp3) is 0.267. The maximum atomic E-state index is 12.2. The Kier molecular flexibility index (Phi) is 2.89. The molecule has 1 aromatic carbocycles. The Hall–Kier alpha value is -2.03. The van der Waals surface area contributed by atoms with Crippen LogP contribution in [0.3, 0.4) is 0 Å². The van der Waals surface area contributed by atoms with Crippen LogP contribution >= 0.6 is 0 Å². The van der Waals surface area contributed by atoms with E-state index in [9.17, 15) is 4.79 Å². The van der Waals surface area contributed by atoms with Crippen molar-refractivity contribution in [3.05, 3.63) is 59.2 Å². The number of Topliss-reactive ketones (excluding diaryl/α,β-unsaturated/α-hetero) is 1. The molecule has 1 aromatic heterocycles. The van der Waals surface area contributed by atoms with E-state index in [2.05, 4.69) is 16.0 Å². The van der Waals surface area contributed by atoms with Gasteiger partial charge < -0.3 is 0 Å². The van der Waals surface area contributed by atoms with Gasteiger partial charge in [0, 0.05) is 11.8 Å². The van der Waals surface area contributed by atoms with Crippen molar-refractivity contribution in [1.29, 1.82) is 0 Å². The third kappa shape index (κ3) is 2.16. The molecular formula is C15H14N2O. The third-order valence-corrected chi connectivity index (χ3v) is 3.41. The molecule has 1 aliphatic rings. The van der Waals surface area contributed by atoms with Gasteiger partial charge in [-0.15, -0.1) is 0 Å². The molecule has 90 valence electrons. The first-order valence-corrected chi connectivity index (χ1v) is 6.23. The normalized spacial score (nSPS) is 13.3. The van der Waals surface area contributed by atoms with Crippen LogP contribution in [0.1, 0.15) is 33.6 Å². The van der Waals surface area contributed by atoms with E-state index in [4.69, 9.17) is 0 Å². The average Bonchev–Trinajstić information content (AvgIpc) is 2.87. The highest BCUT2D eigenvalue weighted by molar-refractivity contribution is 5.97. The largest absolute Gasteiger partial charge is 0.294 e. The van der Waals surface area contributed by atoms with Crippen molar-refractivity contribution < 1.29 is 4.79 Å². The predicted molar refractivity (Wildman–Crippen MR) is 68.5 cm³/mol. The van der Waals surface area contributed by atoms with Crippen LogP contribution in [-0.4, -0.2) is 15.8 Å². The Morgan fingerprint density at radius 2 is 2.06 bits per heavy atom. The molecular weight excluding hydrogens is 224 g/mol. The highest BCUT2D eigenvalue weighted by Gasteiger charge is 2.14. The Balaban J connectivity index is 1.81. The zero-order valence-electron chi connectivity index (χ0n) is 10.1. The van der Waals surface area contributed by atoms with Crippen LogP contribution in [0.5, 0.6) is 0 Å². The van der Waals surface area contributed by atoms with Crippen molar-refractivity contribution in [2.75, 3.05) is 0 Å². The molecule has 0 spiro atoms. The number of carbonyl (C=O) groups is 1. The molecule has 0 amide bonds. The highest BCUT2D eigenvalue weighted by atomic mass is 16.1. The lowest BCUT2D eigenvalue weighted by Gasteiger charge is -2.04. The van der Waals surface area contributed by atoms with Gasteiger partial charge in [-0.25, -0.2) is 9.97 Å². The lowest BCUT2D eigenvalue weighted by molar-refractivity contribution is 0.0992. The molecule has 3 nitrogen and oxygen atoms in total. The highest BCUT2D eigenvalue weighted by Crippen LogP contribution is 2.23. The number of carbonyl (C=O) groups excluding carboxylic acids is 1. The summed E-state index contributed by atoms with van der Waals surface area (Å²) in [6, 6.07) is 7.86. The fourth-order valence-electron chi connectivity index (χ4n) is 2.43. The van der Waals surface area contributed by atoms with E-state index in [1.807, 2.05) is 12.1 Å². The number of fused-ring (bicyclic) bond motifs is 1. The Labute approximate surface area is 106 Å². The quantitative estimate of drug-likeness (QED) is 0.771. The summed E-state index contributed by atoms with van der Waals surface area (Å²) in [6.07, 6.45) is 6.95. The van der Waals surface area contributed by atoms with E-state index in [-0.39, 0.29) is 5.78 Å². The zero-order valence-corrected chi connectivity index (χ0v) is 10.1. The standard InChI is InChI=1S/C15H14N2O/c18-15(9-14-6-7-16-10-17-14)13-5-4-11-2-1-3-12(11)8-13/h4-8,10H,1-3,9H2. The Morgan fingerprint density at radius 1 is 1.17 bits per heavy atom. The van der Waals surface area contributed by atoms with Crippen molar-refractivity contribution in [3.8, 4) is 0 Å². The van der Waals surface area contributed by atoms with E-state index in [0.717, 1.165) is 24.1 Å². The van der Waals surface area contributed by atoms with Crippen LogP contribution in [0.2, 0.25) is 0 Å². The molecule has 0 saturated carbocycles. The molecule has 0 fully saturated rings. The number of hydrogen-bond acceptors (Lipinski definition) is 3. The van der Waals surface area contributed by atoms with E-state index >= 15 is 0 Å². The molecule has 0 bridgehead atoms. The van der Waals surface area contributed by atoms with Crippen LogP contribution in [0.15, 0.2) is 36.8 Å². The first-order chi connectivity index (χ1) is 8.83. The van der Waals surface area contributed by atoms with E-state index in [1.165, 1.54) is 23.9 Å². The van der Waals surface area contributed by atoms with Gasteiger partial charge in [0.15, 0.2) is 5.78 Å². The summed E-state index contributed by atoms with van der Waals surface area (Å²) < 4.78 is 0.